The highest BCUT2D eigenvalue weighted by Crippen LogP contribution is 2.24. The number of aryl methyl sites for hydroxylation is 2. The molecule has 2 aromatic carbocycles. The molecule has 1 saturated heterocycles. The van der Waals surface area contributed by atoms with Gasteiger partial charge in [0.05, 0.1) is 5.69 Å². The van der Waals surface area contributed by atoms with Gasteiger partial charge in [0.25, 0.3) is 5.91 Å². The molecular formula is C29H34N8O. The lowest BCUT2D eigenvalue weighted by atomic mass is 10.0. The summed E-state index contributed by atoms with van der Waals surface area (Å²) in [6.45, 7) is 10.5. The average Bonchev–Trinajstić information content (AvgIpc) is 3.34. The highest BCUT2D eigenvalue weighted by atomic mass is 16.1. The topological polar surface area (TPSA) is 116 Å². The van der Waals surface area contributed by atoms with Crippen LogP contribution in [-0.2, 0) is 13.0 Å². The second kappa shape index (κ2) is 10.9. The Balaban J connectivity index is 1.23. The maximum Gasteiger partial charge on any atom is 0.254 e. The molecule has 9 heteroatoms. The molecular weight excluding hydrogens is 476 g/mol. The minimum absolute atomic E-state index is 0.411. The molecule has 1 aliphatic heterocycles. The fourth-order valence-corrected chi connectivity index (χ4v) is 4.96. The standard InChI is InChI=1S/C29H34N8O/c1-19-15-23(16-20(2)21(19)3)18-33-28-26(27(30)38)25(34-35-28)17-22-5-7-24(8-6-22)36-11-13-37(14-12-36)29-31-9-4-10-32-29/h4-10,15-16H,11-14,17-18H2,1-3H3,(H2,30,38)(H2,33,34,35). The zero-order valence-electron chi connectivity index (χ0n) is 22.2. The number of carbonyl (C=O) groups is 1. The number of nitrogens with zero attached hydrogens (tertiary/aromatic N) is 5. The van der Waals surface area contributed by atoms with Gasteiger partial charge in [-0.2, -0.15) is 5.10 Å². The van der Waals surface area contributed by atoms with Gasteiger partial charge >= 0.3 is 0 Å². The molecule has 1 aliphatic rings. The van der Waals surface area contributed by atoms with Crippen LogP contribution in [0.25, 0.3) is 0 Å². The number of nitrogens with two attached hydrogens (primary N) is 1. The van der Waals surface area contributed by atoms with Crippen LogP contribution < -0.4 is 20.9 Å². The fourth-order valence-electron chi connectivity index (χ4n) is 4.96. The number of rotatable bonds is 8. The lowest BCUT2D eigenvalue weighted by Crippen LogP contribution is -2.47. The van der Waals surface area contributed by atoms with Gasteiger partial charge in [-0.25, -0.2) is 9.97 Å². The minimum Gasteiger partial charge on any atom is -0.368 e. The molecule has 4 aromatic rings. The summed E-state index contributed by atoms with van der Waals surface area (Å²) in [6, 6.07) is 14.6. The first-order chi connectivity index (χ1) is 18.4. The van der Waals surface area contributed by atoms with Crippen LogP contribution in [0.2, 0.25) is 0 Å². The second-order valence-electron chi connectivity index (χ2n) is 9.86. The van der Waals surface area contributed by atoms with Crippen molar-refractivity contribution in [2.24, 2.45) is 5.73 Å². The Morgan fingerprint density at radius 2 is 1.58 bits per heavy atom. The van der Waals surface area contributed by atoms with Crippen LogP contribution in [0.15, 0.2) is 54.9 Å². The summed E-state index contributed by atoms with van der Waals surface area (Å²) in [6.07, 6.45) is 4.10. The van der Waals surface area contributed by atoms with Gasteiger partial charge in [0.2, 0.25) is 5.95 Å². The molecule has 0 atom stereocenters. The molecule has 5 rings (SSSR count). The number of hydrogen-bond acceptors (Lipinski definition) is 7. The van der Waals surface area contributed by atoms with Crippen molar-refractivity contribution in [3.8, 4) is 0 Å². The van der Waals surface area contributed by atoms with Crippen LogP contribution in [0.5, 0.6) is 0 Å². The minimum atomic E-state index is -0.496. The van der Waals surface area contributed by atoms with Crippen LogP contribution >= 0.6 is 0 Å². The first-order valence-corrected chi connectivity index (χ1v) is 12.9. The first-order valence-electron chi connectivity index (χ1n) is 12.9. The number of carbonyl (C=O) groups excluding carboxylic acids is 1. The SMILES string of the molecule is Cc1cc(CNc2n[nH]c(Cc3ccc(N4CCN(c5ncccn5)CC4)cc3)c2C(N)=O)cc(C)c1C. The Hall–Kier alpha value is -4.40. The van der Waals surface area contributed by atoms with E-state index in [0.717, 1.165) is 43.3 Å². The maximum absolute atomic E-state index is 12.4. The van der Waals surface area contributed by atoms with Crippen molar-refractivity contribution in [2.45, 2.75) is 33.7 Å². The number of aromatic amines is 1. The maximum atomic E-state index is 12.4. The summed E-state index contributed by atoms with van der Waals surface area (Å²) in [7, 11) is 0. The van der Waals surface area contributed by atoms with Crippen LogP contribution in [0.3, 0.4) is 0 Å². The summed E-state index contributed by atoms with van der Waals surface area (Å²) < 4.78 is 0. The largest absolute Gasteiger partial charge is 0.368 e. The van der Waals surface area contributed by atoms with Gasteiger partial charge in [0, 0.05) is 57.2 Å². The van der Waals surface area contributed by atoms with Crippen molar-refractivity contribution in [1.82, 2.24) is 20.2 Å². The molecule has 1 amide bonds. The summed E-state index contributed by atoms with van der Waals surface area (Å²) >= 11 is 0. The van der Waals surface area contributed by atoms with E-state index >= 15 is 0 Å². The van der Waals surface area contributed by atoms with Crippen LogP contribution in [0, 0.1) is 20.8 Å². The van der Waals surface area contributed by atoms with Gasteiger partial charge in [0.1, 0.15) is 5.56 Å². The molecule has 4 N–H and O–H groups in total. The van der Waals surface area contributed by atoms with Crippen molar-refractivity contribution in [1.29, 1.82) is 0 Å². The van der Waals surface area contributed by atoms with Crippen LogP contribution in [0.1, 0.15) is 43.9 Å². The Bertz CT molecular complexity index is 1380. The van der Waals surface area contributed by atoms with E-state index in [1.807, 2.05) is 6.07 Å². The van der Waals surface area contributed by atoms with Gasteiger partial charge in [-0.15, -0.1) is 0 Å². The third-order valence-corrected chi connectivity index (χ3v) is 7.33. The average molecular weight is 511 g/mol. The number of primary amides is 1. The third kappa shape index (κ3) is 5.46. The zero-order chi connectivity index (χ0) is 26.6. The predicted octanol–water partition coefficient (Wildman–Crippen LogP) is 3.75. The smallest absolute Gasteiger partial charge is 0.254 e. The molecule has 196 valence electrons. The van der Waals surface area contributed by atoms with E-state index in [0.29, 0.717) is 30.0 Å². The number of aromatic nitrogens is 4. The number of anilines is 3. The molecule has 9 nitrogen and oxygen atoms in total. The number of hydrogen-bond donors (Lipinski definition) is 3. The predicted molar refractivity (Wildman–Crippen MR) is 151 cm³/mol. The summed E-state index contributed by atoms with van der Waals surface area (Å²) in [5.74, 6) is 0.773. The molecule has 0 spiro atoms. The van der Waals surface area contributed by atoms with Crippen molar-refractivity contribution in [2.75, 3.05) is 41.3 Å². The zero-order valence-corrected chi connectivity index (χ0v) is 22.2. The number of nitrogens with one attached hydrogen (secondary N) is 2. The van der Waals surface area contributed by atoms with E-state index in [-0.39, 0.29) is 0 Å². The molecule has 0 saturated carbocycles. The monoisotopic (exact) mass is 510 g/mol. The van der Waals surface area contributed by atoms with Crippen molar-refractivity contribution in [3.63, 3.8) is 0 Å². The third-order valence-electron chi connectivity index (χ3n) is 7.33. The Morgan fingerprint density at radius 3 is 2.21 bits per heavy atom. The number of benzene rings is 2. The van der Waals surface area contributed by atoms with Gasteiger partial charge in [-0.1, -0.05) is 24.3 Å². The van der Waals surface area contributed by atoms with Crippen molar-refractivity contribution < 1.29 is 4.79 Å². The molecule has 0 aliphatic carbocycles. The van der Waals surface area contributed by atoms with E-state index in [4.69, 9.17) is 5.73 Å². The van der Waals surface area contributed by atoms with E-state index in [1.165, 1.54) is 22.4 Å². The Kier molecular flexibility index (Phi) is 7.26. The number of piperazine rings is 1. The second-order valence-corrected chi connectivity index (χ2v) is 9.86. The molecule has 3 heterocycles. The van der Waals surface area contributed by atoms with Crippen LogP contribution in [0.4, 0.5) is 17.5 Å². The summed E-state index contributed by atoms with van der Waals surface area (Å²) in [4.78, 5) is 25.6. The van der Waals surface area contributed by atoms with E-state index in [1.54, 1.807) is 12.4 Å². The molecule has 38 heavy (non-hydrogen) atoms. The first kappa shape index (κ1) is 25.3. The quantitative estimate of drug-likeness (QED) is 0.331. The van der Waals surface area contributed by atoms with Gasteiger partial charge in [0.15, 0.2) is 5.82 Å². The lowest BCUT2D eigenvalue weighted by Gasteiger charge is -2.36. The van der Waals surface area contributed by atoms with E-state index in [2.05, 4.69) is 92.5 Å². The lowest BCUT2D eigenvalue weighted by molar-refractivity contribution is 0.100. The molecule has 2 aromatic heterocycles. The van der Waals surface area contributed by atoms with Gasteiger partial charge in [-0.3, -0.25) is 9.89 Å². The molecule has 1 fully saturated rings. The Morgan fingerprint density at radius 1 is 0.947 bits per heavy atom. The Labute approximate surface area is 223 Å². The fraction of sp³-hybridized carbons (Fsp3) is 0.310. The van der Waals surface area contributed by atoms with Crippen molar-refractivity contribution in [3.05, 3.63) is 93.9 Å². The molecule has 0 radical (unpaired) electrons. The number of H-pyrrole nitrogens is 1. The molecule has 0 unspecified atom stereocenters. The van der Waals surface area contributed by atoms with E-state index < -0.39 is 5.91 Å². The number of amides is 1. The van der Waals surface area contributed by atoms with Crippen LogP contribution in [-0.4, -0.2) is 52.3 Å². The molecule has 0 bridgehead atoms. The highest BCUT2D eigenvalue weighted by molar-refractivity contribution is 5.99. The van der Waals surface area contributed by atoms with Crippen molar-refractivity contribution >= 4 is 23.4 Å². The highest BCUT2D eigenvalue weighted by Gasteiger charge is 2.21. The normalized spacial score (nSPS) is 13.6. The summed E-state index contributed by atoms with van der Waals surface area (Å²) in [5, 5.41) is 10.7. The summed E-state index contributed by atoms with van der Waals surface area (Å²) in [5.41, 5.74) is 14.1. The van der Waals surface area contributed by atoms with Gasteiger partial charge < -0.3 is 20.9 Å². The van der Waals surface area contributed by atoms with Gasteiger partial charge in [-0.05, 0) is 66.8 Å². The van der Waals surface area contributed by atoms with E-state index in [9.17, 15) is 4.79 Å².